The Morgan fingerprint density at radius 1 is 0.971 bits per heavy atom. The molecule has 2 aromatic rings. The lowest BCUT2D eigenvalue weighted by atomic mass is 9.86. The quantitative estimate of drug-likeness (QED) is 0.460. The van der Waals surface area contributed by atoms with Crippen molar-refractivity contribution in [3.63, 3.8) is 0 Å². The number of esters is 1. The third kappa shape index (κ3) is 9.23. The van der Waals surface area contributed by atoms with Gasteiger partial charge in [0, 0.05) is 13.0 Å². The smallest absolute Gasteiger partial charge is 0.407 e. The molecule has 0 bridgehead atoms. The minimum absolute atomic E-state index is 0.00659. The standard InChI is InChI=1S/C26H34N2O6/c1-26(2,3)20-12-10-18(11-13-20)14-22(24(31)33-4)28-23(30)15-21(29)16-27-25(32)34-17-19-8-6-5-7-9-19/h5-13,21-22,29H,14-17H2,1-4H3,(H,27,32)(H,28,30)/t21-,22-/m0/s1. The van der Waals surface area contributed by atoms with Crippen LogP contribution in [0.5, 0.6) is 0 Å². The Balaban J connectivity index is 1.81. The van der Waals surface area contributed by atoms with Crippen LogP contribution in [0.3, 0.4) is 0 Å². The molecule has 34 heavy (non-hydrogen) atoms. The van der Waals surface area contributed by atoms with E-state index in [0.717, 1.165) is 16.7 Å². The van der Waals surface area contributed by atoms with E-state index in [1.54, 1.807) is 0 Å². The van der Waals surface area contributed by atoms with Crippen molar-refractivity contribution in [1.82, 2.24) is 10.6 Å². The first-order chi connectivity index (χ1) is 16.1. The summed E-state index contributed by atoms with van der Waals surface area (Å²) in [6.45, 7) is 6.27. The van der Waals surface area contributed by atoms with E-state index in [2.05, 4.69) is 31.4 Å². The SMILES string of the molecule is COC(=O)[C@H](Cc1ccc(C(C)(C)C)cc1)NC(=O)C[C@H](O)CNC(=O)OCc1ccccc1. The molecule has 8 nitrogen and oxygen atoms in total. The number of aliphatic hydroxyl groups is 1. The number of carbonyl (C=O) groups excluding carboxylic acids is 3. The van der Waals surface area contributed by atoms with Crippen LogP contribution in [0.25, 0.3) is 0 Å². The molecule has 0 aliphatic heterocycles. The molecule has 0 spiro atoms. The Labute approximate surface area is 200 Å². The van der Waals surface area contributed by atoms with E-state index in [4.69, 9.17) is 9.47 Å². The monoisotopic (exact) mass is 470 g/mol. The summed E-state index contributed by atoms with van der Waals surface area (Å²) in [5.74, 6) is -1.11. The van der Waals surface area contributed by atoms with Gasteiger partial charge in [0.05, 0.1) is 19.6 Å². The topological polar surface area (TPSA) is 114 Å². The van der Waals surface area contributed by atoms with E-state index >= 15 is 0 Å². The van der Waals surface area contributed by atoms with Gasteiger partial charge in [0.25, 0.3) is 0 Å². The average Bonchev–Trinajstić information content (AvgIpc) is 2.80. The van der Waals surface area contributed by atoms with Crippen LogP contribution in [0.2, 0.25) is 0 Å². The first-order valence-corrected chi connectivity index (χ1v) is 11.2. The number of benzene rings is 2. The van der Waals surface area contributed by atoms with E-state index < -0.39 is 30.1 Å². The minimum atomic E-state index is -1.14. The lowest BCUT2D eigenvalue weighted by molar-refractivity contribution is -0.145. The summed E-state index contributed by atoms with van der Waals surface area (Å²) in [7, 11) is 1.25. The van der Waals surface area contributed by atoms with Crippen LogP contribution in [0.1, 0.15) is 43.9 Å². The minimum Gasteiger partial charge on any atom is -0.467 e. The van der Waals surface area contributed by atoms with Crippen LogP contribution >= 0.6 is 0 Å². The number of amides is 2. The van der Waals surface area contributed by atoms with Crippen molar-refractivity contribution in [2.24, 2.45) is 0 Å². The fourth-order valence-corrected chi connectivity index (χ4v) is 3.23. The molecule has 2 rings (SSSR count). The first-order valence-electron chi connectivity index (χ1n) is 11.2. The fraction of sp³-hybridized carbons (Fsp3) is 0.423. The highest BCUT2D eigenvalue weighted by atomic mass is 16.5. The third-order valence-electron chi connectivity index (χ3n) is 5.20. The number of nitrogens with one attached hydrogen (secondary N) is 2. The lowest BCUT2D eigenvalue weighted by Crippen LogP contribution is -2.45. The number of rotatable bonds is 10. The number of hydrogen-bond acceptors (Lipinski definition) is 6. The van der Waals surface area contributed by atoms with E-state index in [-0.39, 0.29) is 31.4 Å². The zero-order valence-electron chi connectivity index (χ0n) is 20.2. The summed E-state index contributed by atoms with van der Waals surface area (Å²) in [5, 5.41) is 15.1. The summed E-state index contributed by atoms with van der Waals surface area (Å²) >= 11 is 0. The molecule has 8 heteroatoms. The van der Waals surface area contributed by atoms with E-state index in [9.17, 15) is 19.5 Å². The predicted molar refractivity (Wildman–Crippen MR) is 128 cm³/mol. The predicted octanol–water partition coefficient (Wildman–Crippen LogP) is 2.86. The number of ether oxygens (including phenoxy) is 2. The third-order valence-corrected chi connectivity index (χ3v) is 5.20. The molecule has 0 fully saturated rings. The second kappa shape index (κ2) is 12.7. The second-order valence-corrected chi connectivity index (χ2v) is 9.09. The van der Waals surface area contributed by atoms with Crippen LogP contribution in [-0.2, 0) is 37.5 Å². The number of hydrogen-bond donors (Lipinski definition) is 3. The molecule has 3 N–H and O–H groups in total. The Hall–Kier alpha value is -3.39. The van der Waals surface area contributed by atoms with Crippen LogP contribution in [0, 0.1) is 0 Å². The van der Waals surface area contributed by atoms with Crippen molar-refractivity contribution in [3.8, 4) is 0 Å². The molecule has 0 unspecified atom stereocenters. The summed E-state index contributed by atoms with van der Waals surface area (Å²) in [6.07, 6.45) is -1.89. The summed E-state index contributed by atoms with van der Waals surface area (Å²) in [6, 6.07) is 16.1. The molecule has 0 saturated carbocycles. The van der Waals surface area contributed by atoms with Gasteiger partial charge < -0.3 is 25.2 Å². The molecule has 2 amide bonds. The molecule has 0 radical (unpaired) electrons. The van der Waals surface area contributed by atoms with Crippen LogP contribution in [0.4, 0.5) is 4.79 Å². The molecule has 0 heterocycles. The summed E-state index contributed by atoms with van der Waals surface area (Å²) in [5.41, 5.74) is 2.87. The molecule has 0 aromatic heterocycles. The highest BCUT2D eigenvalue weighted by Gasteiger charge is 2.24. The van der Waals surface area contributed by atoms with Gasteiger partial charge in [-0.15, -0.1) is 0 Å². The summed E-state index contributed by atoms with van der Waals surface area (Å²) in [4.78, 5) is 36.4. The second-order valence-electron chi connectivity index (χ2n) is 9.09. The highest BCUT2D eigenvalue weighted by molar-refractivity contribution is 5.85. The average molecular weight is 471 g/mol. The molecule has 0 aliphatic carbocycles. The zero-order chi connectivity index (χ0) is 25.1. The first kappa shape index (κ1) is 26.9. The van der Waals surface area contributed by atoms with Crippen molar-refractivity contribution in [2.45, 2.75) is 57.8 Å². The van der Waals surface area contributed by atoms with Gasteiger partial charge in [0.2, 0.25) is 5.91 Å². The molecular formula is C26H34N2O6. The van der Waals surface area contributed by atoms with Gasteiger partial charge in [0.15, 0.2) is 0 Å². The van der Waals surface area contributed by atoms with Crippen LogP contribution in [-0.4, -0.2) is 48.9 Å². The normalized spacial score (nSPS) is 12.9. The van der Waals surface area contributed by atoms with Gasteiger partial charge in [-0.2, -0.15) is 0 Å². The van der Waals surface area contributed by atoms with Crippen molar-refractivity contribution >= 4 is 18.0 Å². The number of aliphatic hydroxyl groups excluding tert-OH is 1. The maximum Gasteiger partial charge on any atom is 0.407 e. The molecule has 0 aliphatic rings. The summed E-state index contributed by atoms with van der Waals surface area (Å²) < 4.78 is 9.89. The van der Waals surface area contributed by atoms with Gasteiger partial charge in [-0.1, -0.05) is 75.4 Å². The van der Waals surface area contributed by atoms with Crippen molar-refractivity contribution in [2.75, 3.05) is 13.7 Å². The van der Waals surface area contributed by atoms with Crippen LogP contribution in [0.15, 0.2) is 54.6 Å². The van der Waals surface area contributed by atoms with Gasteiger partial charge in [0.1, 0.15) is 12.6 Å². The Morgan fingerprint density at radius 3 is 2.21 bits per heavy atom. The van der Waals surface area contributed by atoms with E-state index in [1.165, 1.54) is 7.11 Å². The van der Waals surface area contributed by atoms with Crippen molar-refractivity contribution in [1.29, 1.82) is 0 Å². The molecule has 0 saturated heterocycles. The van der Waals surface area contributed by atoms with Crippen LogP contribution < -0.4 is 10.6 Å². The van der Waals surface area contributed by atoms with Gasteiger partial charge in [-0.3, -0.25) is 4.79 Å². The Bertz CT molecular complexity index is 938. The fourth-order valence-electron chi connectivity index (χ4n) is 3.23. The highest BCUT2D eigenvalue weighted by Crippen LogP contribution is 2.22. The van der Waals surface area contributed by atoms with Gasteiger partial charge in [-0.05, 0) is 22.1 Å². The number of methoxy groups -OCH3 is 1. The lowest BCUT2D eigenvalue weighted by Gasteiger charge is -2.21. The largest absolute Gasteiger partial charge is 0.467 e. The zero-order valence-corrected chi connectivity index (χ0v) is 20.2. The number of alkyl carbamates (subject to hydrolysis) is 1. The Morgan fingerprint density at radius 2 is 1.62 bits per heavy atom. The maximum atomic E-state index is 12.4. The Kier molecular flexibility index (Phi) is 10.1. The van der Waals surface area contributed by atoms with Crippen molar-refractivity contribution in [3.05, 3.63) is 71.3 Å². The van der Waals surface area contributed by atoms with E-state index in [1.807, 2.05) is 54.6 Å². The molecule has 2 atom stereocenters. The molecule has 2 aromatic carbocycles. The van der Waals surface area contributed by atoms with Crippen molar-refractivity contribution < 1.29 is 29.0 Å². The molecule has 184 valence electrons. The van der Waals surface area contributed by atoms with Gasteiger partial charge >= 0.3 is 12.1 Å². The molecular weight excluding hydrogens is 436 g/mol. The number of carbonyl (C=O) groups is 3. The van der Waals surface area contributed by atoms with E-state index in [0.29, 0.717) is 0 Å². The maximum absolute atomic E-state index is 12.4. The van der Waals surface area contributed by atoms with Gasteiger partial charge in [-0.25, -0.2) is 9.59 Å².